The number of hydrogen-bond acceptors (Lipinski definition) is 1. The second-order valence-corrected chi connectivity index (χ2v) is 3.53. The van der Waals surface area contributed by atoms with Gasteiger partial charge in [0.25, 0.3) is 0 Å². The molecule has 0 aromatic heterocycles. The summed E-state index contributed by atoms with van der Waals surface area (Å²) < 4.78 is 0. The topological polar surface area (TPSA) is 20.2 Å². The molecule has 0 saturated heterocycles. The smallest absolute Gasteiger partial charge is 0.0639 e. The standard InChI is InChI=1S/C11H15OS/c12-11(9-13)8-4-7-10-5-2-1-3-6-10/h1-3,5-6,11-12H,4,7-9H2. The summed E-state index contributed by atoms with van der Waals surface area (Å²) in [6, 6.07) is 10.3. The highest BCUT2D eigenvalue weighted by atomic mass is 32.1. The highest BCUT2D eigenvalue weighted by Gasteiger charge is 2.00. The summed E-state index contributed by atoms with van der Waals surface area (Å²) in [5.41, 5.74) is 1.33. The van der Waals surface area contributed by atoms with Crippen LogP contribution in [0.3, 0.4) is 0 Å². The van der Waals surface area contributed by atoms with Gasteiger partial charge in [-0.3, -0.25) is 0 Å². The molecule has 0 spiro atoms. The molecule has 0 fully saturated rings. The third kappa shape index (κ3) is 4.34. The van der Waals surface area contributed by atoms with Crippen LogP contribution in [-0.2, 0) is 6.42 Å². The fraction of sp³-hybridized carbons (Fsp3) is 0.455. The van der Waals surface area contributed by atoms with Crippen molar-refractivity contribution in [2.24, 2.45) is 0 Å². The van der Waals surface area contributed by atoms with Crippen LogP contribution in [0.5, 0.6) is 0 Å². The van der Waals surface area contributed by atoms with E-state index in [1.165, 1.54) is 5.56 Å². The summed E-state index contributed by atoms with van der Waals surface area (Å²) >= 11 is 4.75. The van der Waals surface area contributed by atoms with Crippen LogP contribution in [0.15, 0.2) is 30.3 Å². The lowest BCUT2D eigenvalue weighted by molar-refractivity contribution is 0.186. The van der Waals surface area contributed by atoms with Crippen molar-refractivity contribution in [3.63, 3.8) is 0 Å². The molecule has 0 amide bonds. The van der Waals surface area contributed by atoms with Gasteiger partial charge in [-0.25, -0.2) is 0 Å². The zero-order valence-electron chi connectivity index (χ0n) is 7.65. The molecule has 0 heterocycles. The Balaban J connectivity index is 2.20. The van der Waals surface area contributed by atoms with Crippen LogP contribution < -0.4 is 0 Å². The largest absolute Gasteiger partial charge is 0.392 e. The fourth-order valence-corrected chi connectivity index (χ4v) is 1.44. The van der Waals surface area contributed by atoms with Gasteiger partial charge in [0.1, 0.15) is 0 Å². The lowest BCUT2D eigenvalue weighted by atomic mass is 10.1. The first-order valence-electron chi connectivity index (χ1n) is 4.63. The summed E-state index contributed by atoms with van der Waals surface area (Å²) in [7, 11) is 0. The number of aliphatic hydroxyl groups is 1. The fourth-order valence-electron chi connectivity index (χ4n) is 1.27. The van der Waals surface area contributed by atoms with Crippen molar-refractivity contribution in [2.75, 3.05) is 5.75 Å². The molecule has 0 bridgehead atoms. The minimum atomic E-state index is -0.293. The lowest BCUT2D eigenvalue weighted by Gasteiger charge is -2.05. The molecular formula is C11H15OS. The molecule has 1 N–H and O–H groups in total. The molecule has 2 heteroatoms. The molecule has 71 valence electrons. The van der Waals surface area contributed by atoms with Gasteiger partial charge in [0.2, 0.25) is 0 Å². The second-order valence-electron chi connectivity index (χ2n) is 3.20. The van der Waals surface area contributed by atoms with Gasteiger partial charge in [0, 0.05) is 5.75 Å². The monoisotopic (exact) mass is 195 g/mol. The molecular weight excluding hydrogens is 180 g/mol. The summed E-state index contributed by atoms with van der Waals surface area (Å²) in [6.45, 7) is 0. The van der Waals surface area contributed by atoms with E-state index in [1.54, 1.807) is 0 Å². The predicted molar refractivity (Wildman–Crippen MR) is 57.8 cm³/mol. The number of rotatable bonds is 5. The normalized spacial score (nSPS) is 12.8. The van der Waals surface area contributed by atoms with Gasteiger partial charge in [0.15, 0.2) is 0 Å². The van der Waals surface area contributed by atoms with Crippen molar-refractivity contribution >= 4 is 12.6 Å². The van der Waals surface area contributed by atoms with Gasteiger partial charge in [-0.1, -0.05) is 43.0 Å². The molecule has 1 aromatic carbocycles. The molecule has 1 rings (SSSR count). The van der Waals surface area contributed by atoms with Crippen molar-refractivity contribution < 1.29 is 5.11 Å². The van der Waals surface area contributed by atoms with Crippen LogP contribution in [0.4, 0.5) is 0 Å². The molecule has 1 unspecified atom stereocenters. The Morgan fingerprint density at radius 1 is 1.23 bits per heavy atom. The summed E-state index contributed by atoms with van der Waals surface area (Å²) in [6.07, 6.45) is 2.58. The lowest BCUT2D eigenvalue weighted by Crippen LogP contribution is -2.08. The van der Waals surface area contributed by atoms with E-state index in [1.807, 2.05) is 18.2 Å². The first-order chi connectivity index (χ1) is 6.33. The van der Waals surface area contributed by atoms with Crippen molar-refractivity contribution in [2.45, 2.75) is 25.4 Å². The average Bonchev–Trinajstić information content (AvgIpc) is 2.19. The van der Waals surface area contributed by atoms with Crippen molar-refractivity contribution in [3.05, 3.63) is 35.9 Å². The summed E-state index contributed by atoms with van der Waals surface area (Å²) in [5, 5.41) is 9.23. The quantitative estimate of drug-likeness (QED) is 0.765. The Morgan fingerprint density at radius 3 is 2.54 bits per heavy atom. The molecule has 1 aromatic rings. The SMILES string of the molecule is OC(C[S])CCCc1ccccc1. The molecule has 0 saturated carbocycles. The molecule has 13 heavy (non-hydrogen) atoms. The van der Waals surface area contributed by atoms with Crippen LogP contribution in [0.2, 0.25) is 0 Å². The second kappa shape index (κ2) is 6.06. The predicted octanol–water partition coefficient (Wildman–Crippen LogP) is 2.57. The van der Waals surface area contributed by atoms with E-state index >= 15 is 0 Å². The Morgan fingerprint density at radius 2 is 1.92 bits per heavy atom. The molecule has 1 nitrogen and oxygen atoms in total. The maximum atomic E-state index is 9.23. The number of hydrogen-bond donors (Lipinski definition) is 1. The van der Waals surface area contributed by atoms with Crippen LogP contribution in [0.25, 0.3) is 0 Å². The zero-order valence-corrected chi connectivity index (χ0v) is 8.46. The Bertz CT molecular complexity index is 223. The van der Waals surface area contributed by atoms with Gasteiger partial charge in [-0.05, 0) is 24.8 Å². The van der Waals surface area contributed by atoms with E-state index in [4.69, 9.17) is 12.6 Å². The zero-order chi connectivity index (χ0) is 9.52. The number of benzene rings is 1. The van der Waals surface area contributed by atoms with Crippen molar-refractivity contribution in [1.82, 2.24) is 0 Å². The number of aryl methyl sites for hydroxylation is 1. The van der Waals surface area contributed by atoms with E-state index in [9.17, 15) is 5.11 Å². The van der Waals surface area contributed by atoms with E-state index in [0.717, 1.165) is 19.3 Å². The van der Waals surface area contributed by atoms with E-state index in [0.29, 0.717) is 5.75 Å². The van der Waals surface area contributed by atoms with Gasteiger partial charge < -0.3 is 5.11 Å². The van der Waals surface area contributed by atoms with Crippen LogP contribution in [0.1, 0.15) is 18.4 Å². The highest BCUT2D eigenvalue weighted by Crippen LogP contribution is 2.06. The van der Waals surface area contributed by atoms with Gasteiger partial charge in [0.05, 0.1) is 6.10 Å². The van der Waals surface area contributed by atoms with Crippen molar-refractivity contribution in [3.8, 4) is 0 Å². The van der Waals surface area contributed by atoms with Crippen LogP contribution in [0, 0.1) is 0 Å². The van der Waals surface area contributed by atoms with E-state index in [-0.39, 0.29) is 6.10 Å². The molecule has 0 aliphatic carbocycles. The van der Waals surface area contributed by atoms with Crippen molar-refractivity contribution in [1.29, 1.82) is 0 Å². The average molecular weight is 195 g/mol. The first-order valence-corrected chi connectivity index (χ1v) is 5.20. The third-order valence-electron chi connectivity index (χ3n) is 2.04. The Kier molecular flexibility index (Phi) is 4.94. The third-order valence-corrected chi connectivity index (χ3v) is 2.42. The van der Waals surface area contributed by atoms with Crippen LogP contribution in [-0.4, -0.2) is 17.0 Å². The molecule has 1 atom stereocenters. The molecule has 1 radical (unpaired) electrons. The maximum absolute atomic E-state index is 9.23. The van der Waals surface area contributed by atoms with Crippen LogP contribution >= 0.6 is 12.6 Å². The first kappa shape index (κ1) is 10.6. The minimum Gasteiger partial charge on any atom is -0.392 e. The molecule has 0 aliphatic heterocycles. The van der Waals surface area contributed by atoms with Gasteiger partial charge in [-0.2, -0.15) is 0 Å². The summed E-state index contributed by atoms with van der Waals surface area (Å²) in [5.74, 6) is 0.453. The highest BCUT2D eigenvalue weighted by molar-refractivity contribution is 7.80. The summed E-state index contributed by atoms with van der Waals surface area (Å²) in [4.78, 5) is 0. The van der Waals surface area contributed by atoms with Gasteiger partial charge in [-0.15, -0.1) is 0 Å². The maximum Gasteiger partial charge on any atom is 0.0639 e. The van der Waals surface area contributed by atoms with E-state index < -0.39 is 0 Å². The molecule has 0 aliphatic rings. The van der Waals surface area contributed by atoms with E-state index in [2.05, 4.69) is 12.1 Å². The Hall–Kier alpha value is -0.470. The Labute approximate surface area is 85.2 Å². The van der Waals surface area contributed by atoms with Gasteiger partial charge >= 0.3 is 0 Å². The minimum absolute atomic E-state index is 0.293. The number of aliphatic hydroxyl groups excluding tert-OH is 1.